The molecule has 0 amide bonds. The molecule has 12 rings (SSSR count). The molecule has 4 heterocycles. The Kier molecular flexibility index (Phi) is 26.4. The largest absolute Gasteiger partial charge is 0.344 e. The molecule has 0 N–H and O–H groups in total. The molecule has 548 valence electrons. The second-order valence-electron chi connectivity index (χ2n) is 28.4. The van der Waals surface area contributed by atoms with E-state index < -0.39 is 19.7 Å². The summed E-state index contributed by atoms with van der Waals surface area (Å²) in [7, 11) is 14.2. The second-order valence-corrected chi connectivity index (χ2v) is 30.4. The molecule has 0 saturated carbocycles. The molecular weight excluding hydrogens is 1430 g/mol. The number of nitrogens with zero attached hydrogens (tertiary/aromatic N) is 8. The summed E-state index contributed by atoms with van der Waals surface area (Å²) in [5.74, 6) is -0.898. The summed E-state index contributed by atoms with van der Waals surface area (Å²) in [6.45, 7) is 20.7. The molecule has 108 heavy (non-hydrogen) atoms. The Balaban J connectivity index is 0.000000166. The van der Waals surface area contributed by atoms with Gasteiger partial charge in [-0.25, -0.2) is 0 Å². The van der Waals surface area contributed by atoms with Crippen LogP contribution >= 0.6 is 0 Å². The molecule has 0 unspecified atom stereocenters. The van der Waals surface area contributed by atoms with Gasteiger partial charge >= 0.3 is 0 Å². The van der Waals surface area contributed by atoms with Gasteiger partial charge in [-0.1, -0.05) is 152 Å². The number of anilines is 4. The summed E-state index contributed by atoms with van der Waals surface area (Å²) >= 11 is 0. The predicted molar refractivity (Wildman–Crippen MR) is 430 cm³/mol. The molecule has 8 aliphatic rings. The first-order chi connectivity index (χ1) is 51.4. The standard InChI is InChI=1S/4C21H21N2O3Si/c4*1-21(2)17-6-3-4-7-18(17)22(12-5-13-27)20(21)11-8-15-14-16(23(25)26)9-10-19(15)24/h4*3-4,6-11,14H,5,12-13H2,1-2H3/b4*15-8-,20-11+. The average molecular weight is 1510 g/mol. The van der Waals surface area contributed by atoms with Crippen molar-refractivity contribution in [2.24, 2.45) is 0 Å². The van der Waals surface area contributed by atoms with Gasteiger partial charge in [0.2, 0.25) is 0 Å². The fourth-order valence-electron chi connectivity index (χ4n) is 14.3. The van der Waals surface area contributed by atoms with Crippen molar-refractivity contribution < 1.29 is 38.9 Å². The zero-order valence-electron chi connectivity index (χ0n) is 61.7. The van der Waals surface area contributed by atoms with Gasteiger partial charge in [0.05, 0.1) is 19.7 Å². The van der Waals surface area contributed by atoms with Crippen LogP contribution in [0.3, 0.4) is 0 Å². The van der Waals surface area contributed by atoms with Gasteiger partial charge in [-0.15, -0.1) is 0 Å². The minimum Gasteiger partial charge on any atom is -0.344 e. The molecule has 4 aliphatic heterocycles. The smallest absolute Gasteiger partial charge is 0.270 e. The number of para-hydroxylation sites is 4. The monoisotopic (exact) mass is 1510 g/mol. The fourth-order valence-corrected chi connectivity index (χ4v) is 14.9. The quantitative estimate of drug-likeness (QED) is 0.0345. The predicted octanol–water partition coefficient (Wildman–Crippen LogP) is 15.5. The molecule has 0 saturated heterocycles. The van der Waals surface area contributed by atoms with E-state index in [1.165, 1.54) is 118 Å². The molecule has 12 radical (unpaired) electrons. The molecule has 0 spiro atoms. The van der Waals surface area contributed by atoms with Crippen LogP contribution < -0.4 is 19.6 Å². The Morgan fingerprint density at radius 1 is 0.306 bits per heavy atom. The number of hydrogen-bond acceptors (Lipinski definition) is 16. The van der Waals surface area contributed by atoms with Crippen LogP contribution in [0.15, 0.2) is 286 Å². The Morgan fingerprint density at radius 2 is 0.491 bits per heavy atom. The fraction of sp³-hybridized carbons (Fsp3) is 0.286. The van der Waals surface area contributed by atoms with Gasteiger partial charge in [-0.2, -0.15) is 0 Å². The summed E-state index contributed by atoms with van der Waals surface area (Å²) in [6, 6.07) is 36.8. The van der Waals surface area contributed by atoms with E-state index in [-0.39, 0.29) is 67.6 Å². The van der Waals surface area contributed by atoms with Crippen molar-refractivity contribution in [3.63, 3.8) is 0 Å². The maximum Gasteiger partial charge on any atom is 0.270 e. The van der Waals surface area contributed by atoms with Gasteiger partial charge in [0.25, 0.3) is 22.8 Å². The third-order valence-corrected chi connectivity index (χ3v) is 21.3. The number of carbonyl (C=O) groups excluding carboxylic acids is 4. The highest BCUT2D eigenvalue weighted by Crippen LogP contribution is 2.52. The Hall–Kier alpha value is -10.9. The number of hydrogen-bond donors (Lipinski definition) is 0. The number of ketones is 4. The SMILES string of the molecule is CC1(C)/C(=C\C=C2\C=C([N+](=O)[O-])C=CC2=O)N(CCC[Si])c2ccccc21.CC1(C)/C(=C\C=C2\C=C([N+](=O)[O-])C=CC2=O)N(CCC[Si])c2ccccc21.CC1(C)/C(=C\C=C2\C=C([N+](=O)[O-])C=CC2=O)N(CCC[Si])c2ccccc21.CC1(C)/C(=C\C=C2\C=C([N+](=O)[O-])C=CC2=O)N(CCC[Si])c2ccccc21. The topological polar surface area (TPSA) is 254 Å². The van der Waals surface area contributed by atoms with E-state index in [2.05, 4.69) is 164 Å². The highest BCUT2D eigenvalue weighted by Gasteiger charge is 2.43. The Labute approximate surface area is 643 Å². The van der Waals surface area contributed by atoms with Gasteiger partial charge in [0.1, 0.15) is 0 Å². The molecule has 4 aromatic rings. The molecule has 4 aromatic carbocycles. The highest BCUT2D eigenvalue weighted by molar-refractivity contribution is 6.11. The van der Waals surface area contributed by atoms with Crippen molar-refractivity contribution in [1.82, 2.24) is 0 Å². The maximum atomic E-state index is 12.1. The minimum absolute atomic E-state index is 0.0795. The van der Waals surface area contributed by atoms with E-state index in [1.807, 2.05) is 72.8 Å². The number of rotatable bonds is 20. The zero-order chi connectivity index (χ0) is 78.4. The lowest BCUT2D eigenvalue weighted by Crippen LogP contribution is -2.27. The van der Waals surface area contributed by atoms with Crippen molar-refractivity contribution in [2.75, 3.05) is 45.8 Å². The molecule has 0 fully saturated rings. The highest BCUT2D eigenvalue weighted by atomic mass is 28.2. The van der Waals surface area contributed by atoms with Gasteiger partial charge in [-0.3, -0.25) is 59.6 Å². The van der Waals surface area contributed by atoms with Gasteiger partial charge in [0.15, 0.2) is 23.1 Å². The number of fused-ring (bicyclic) bond motifs is 4. The van der Waals surface area contributed by atoms with Crippen LogP contribution in [0, 0.1) is 40.5 Å². The third kappa shape index (κ3) is 17.9. The molecule has 20 nitrogen and oxygen atoms in total. The number of nitro groups is 4. The van der Waals surface area contributed by atoms with Crippen molar-refractivity contribution in [1.29, 1.82) is 0 Å². The summed E-state index contributed by atoms with van der Waals surface area (Å²) in [4.78, 5) is 99.7. The lowest BCUT2D eigenvalue weighted by Gasteiger charge is -2.27. The van der Waals surface area contributed by atoms with Crippen LogP contribution in [0.2, 0.25) is 24.2 Å². The number of allylic oxidation sites excluding steroid dienone is 28. The van der Waals surface area contributed by atoms with Crippen molar-refractivity contribution in [3.05, 3.63) is 349 Å². The van der Waals surface area contributed by atoms with Crippen LogP contribution in [0.25, 0.3) is 0 Å². The van der Waals surface area contributed by atoms with E-state index in [4.69, 9.17) is 0 Å². The maximum absolute atomic E-state index is 12.1. The van der Waals surface area contributed by atoms with Crippen LogP contribution in [-0.2, 0) is 40.8 Å². The van der Waals surface area contributed by atoms with E-state index in [0.717, 1.165) is 98.8 Å². The summed E-state index contributed by atoms with van der Waals surface area (Å²) < 4.78 is 0. The summed E-state index contributed by atoms with van der Waals surface area (Å²) in [5, 5.41) is 44.0. The average Bonchev–Trinajstić information content (AvgIpc) is 1.62. The Morgan fingerprint density at radius 3 is 0.667 bits per heavy atom. The zero-order valence-corrected chi connectivity index (χ0v) is 65.7. The normalized spacial score (nSPS) is 20.9. The molecule has 0 atom stereocenters. The first-order valence-corrected chi connectivity index (χ1v) is 38.4. The van der Waals surface area contributed by atoms with Crippen LogP contribution in [0.4, 0.5) is 22.7 Å². The van der Waals surface area contributed by atoms with E-state index in [1.54, 1.807) is 24.3 Å². The van der Waals surface area contributed by atoms with Gasteiger partial charge in [0, 0.05) is 205 Å². The minimum atomic E-state index is -0.485. The van der Waals surface area contributed by atoms with Crippen LogP contribution in [0.1, 0.15) is 103 Å². The lowest BCUT2D eigenvalue weighted by atomic mass is 9.83. The summed E-state index contributed by atoms with van der Waals surface area (Å²) in [6.07, 6.45) is 33.7. The second kappa shape index (κ2) is 35.2. The van der Waals surface area contributed by atoms with Crippen LogP contribution in [0.5, 0.6) is 0 Å². The van der Waals surface area contributed by atoms with E-state index >= 15 is 0 Å². The van der Waals surface area contributed by atoms with Crippen LogP contribution in [-0.4, -0.2) is 110 Å². The number of carbonyl (C=O) groups is 4. The molecule has 4 aliphatic carbocycles. The first kappa shape index (κ1) is 81.2. The van der Waals surface area contributed by atoms with Crippen molar-refractivity contribution in [3.8, 4) is 0 Å². The Bertz CT molecular complexity index is 4240. The summed E-state index contributed by atoms with van der Waals surface area (Å²) in [5.41, 5.74) is 14.0. The molecule has 24 heteroatoms. The molecular formula is C84H84N8O12Si4. The third-order valence-electron chi connectivity index (χ3n) is 19.9. The molecule has 0 aromatic heterocycles. The van der Waals surface area contributed by atoms with E-state index in [0.29, 0.717) is 22.3 Å². The van der Waals surface area contributed by atoms with E-state index in [9.17, 15) is 59.6 Å². The number of benzene rings is 4. The van der Waals surface area contributed by atoms with Gasteiger partial charge < -0.3 is 19.6 Å². The lowest BCUT2D eigenvalue weighted by molar-refractivity contribution is -0.419. The van der Waals surface area contributed by atoms with Gasteiger partial charge in [-0.05, 0) is 145 Å². The van der Waals surface area contributed by atoms with Crippen molar-refractivity contribution in [2.45, 2.75) is 127 Å². The molecule has 0 bridgehead atoms. The van der Waals surface area contributed by atoms with Crippen molar-refractivity contribution >= 4 is 86.9 Å². The first-order valence-electron chi connectivity index (χ1n) is 35.5.